The van der Waals surface area contributed by atoms with Crippen LogP contribution >= 0.6 is 11.6 Å². The summed E-state index contributed by atoms with van der Waals surface area (Å²) in [5.74, 6) is -1.36. The predicted octanol–water partition coefficient (Wildman–Crippen LogP) is 4.69. The lowest BCUT2D eigenvalue weighted by Gasteiger charge is -2.25. The summed E-state index contributed by atoms with van der Waals surface area (Å²) in [5, 5.41) is 2.82. The van der Waals surface area contributed by atoms with E-state index in [2.05, 4.69) is 5.32 Å². The largest absolute Gasteiger partial charge is 0.322 e. The Morgan fingerprint density at radius 1 is 1.00 bits per heavy atom. The van der Waals surface area contributed by atoms with Gasteiger partial charge < -0.3 is 5.32 Å². The highest BCUT2D eigenvalue weighted by Crippen LogP contribution is 2.34. The fourth-order valence-corrected chi connectivity index (χ4v) is 3.53. The fraction of sp³-hybridized carbons (Fsp3) is 0.0909. The zero-order valence-corrected chi connectivity index (χ0v) is 15.5. The van der Waals surface area contributed by atoms with Crippen LogP contribution in [-0.2, 0) is 11.2 Å². The van der Waals surface area contributed by atoms with Gasteiger partial charge in [0.15, 0.2) is 0 Å². The average Bonchev–Trinajstić information content (AvgIpc) is 3.10. The highest BCUT2D eigenvalue weighted by molar-refractivity contribution is 6.30. The van der Waals surface area contributed by atoms with Crippen molar-refractivity contribution in [2.24, 2.45) is 0 Å². The Hall–Kier alpha value is -3.18. The predicted molar refractivity (Wildman–Crippen MR) is 107 cm³/mol. The van der Waals surface area contributed by atoms with Crippen LogP contribution < -0.4 is 10.2 Å². The molecule has 0 bridgehead atoms. The second-order valence-electron chi connectivity index (χ2n) is 6.50. The van der Waals surface area contributed by atoms with Crippen molar-refractivity contribution in [2.45, 2.75) is 12.5 Å². The minimum absolute atomic E-state index is 0.0254. The van der Waals surface area contributed by atoms with Crippen molar-refractivity contribution in [1.29, 1.82) is 0 Å². The normalized spacial score (nSPS) is 15.2. The zero-order chi connectivity index (χ0) is 19.7. The molecule has 0 saturated carbocycles. The monoisotopic (exact) mass is 394 g/mol. The van der Waals surface area contributed by atoms with E-state index in [9.17, 15) is 14.0 Å². The van der Waals surface area contributed by atoms with Crippen molar-refractivity contribution >= 4 is 34.8 Å². The molecule has 3 aromatic carbocycles. The van der Waals surface area contributed by atoms with Gasteiger partial charge in [-0.25, -0.2) is 4.39 Å². The van der Waals surface area contributed by atoms with Crippen LogP contribution in [0.1, 0.15) is 15.9 Å². The summed E-state index contributed by atoms with van der Waals surface area (Å²) in [6, 6.07) is 19.4. The van der Waals surface area contributed by atoms with Gasteiger partial charge in [0.1, 0.15) is 11.9 Å². The Morgan fingerprint density at radius 2 is 1.71 bits per heavy atom. The van der Waals surface area contributed by atoms with Crippen molar-refractivity contribution in [3.05, 3.63) is 94.8 Å². The van der Waals surface area contributed by atoms with Crippen molar-refractivity contribution < 1.29 is 14.0 Å². The van der Waals surface area contributed by atoms with Gasteiger partial charge in [-0.3, -0.25) is 14.5 Å². The average molecular weight is 395 g/mol. The van der Waals surface area contributed by atoms with Gasteiger partial charge in [-0.2, -0.15) is 0 Å². The van der Waals surface area contributed by atoms with Crippen molar-refractivity contribution in [3.8, 4) is 0 Å². The molecule has 0 radical (unpaired) electrons. The molecule has 28 heavy (non-hydrogen) atoms. The van der Waals surface area contributed by atoms with E-state index in [1.165, 1.54) is 17.0 Å². The zero-order valence-electron chi connectivity index (χ0n) is 14.7. The van der Waals surface area contributed by atoms with Crippen LogP contribution in [0, 0.1) is 5.82 Å². The number of hydrogen-bond acceptors (Lipinski definition) is 2. The smallest absolute Gasteiger partial charge is 0.259 e. The second-order valence-corrected chi connectivity index (χ2v) is 6.94. The van der Waals surface area contributed by atoms with Crippen LogP contribution in [0.25, 0.3) is 0 Å². The number of halogens is 2. The Morgan fingerprint density at radius 3 is 2.46 bits per heavy atom. The number of nitrogens with zero attached hydrogens (tertiary/aromatic N) is 1. The molecular formula is C22H16ClFN2O2. The van der Waals surface area contributed by atoms with Crippen molar-refractivity contribution in [1.82, 2.24) is 0 Å². The molecular weight excluding hydrogens is 379 g/mol. The van der Waals surface area contributed by atoms with E-state index in [-0.39, 0.29) is 16.6 Å². The maximum absolute atomic E-state index is 14.1. The number of hydrogen-bond donors (Lipinski definition) is 1. The van der Waals surface area contributed by atoms with Gasteiger partial charge in [0.05, 0.1) is 5.69 Å². The molecule has 0 unspecified atom stereocenters. The van der Waals surface area contributed by atoms with E-state index < -0.39 is 17.8 Å². The highest BCUT2D eigenvalue weighted by Gasteiger charge is 2.38. The van der Waals surface area contributed by atoms with E-state index in [4.69, 9.17) is 11.6 Å². The number of benzene rings is 3. The number of anilines is 2. The minimum Gasteiger partial charge on any atom is -0.322 e. The van der Waals surface area contributed by atoms with Gasteiger partial charge in [-0.1, -0.05) is 48.0 Å². The lowest BCUT2D eigenvalue weighted by molar-refractivity contribution is -0.117. The molecule has 0 aliphatic carbocycles. The summed E-state index contributed by atoms with van der Waals surface area (Å²) in [7, 11) is 0. The van der Waals surface area contributed by atoms with Gasteiger partial charge in [-0.15, -0.1) is 0 Å². The van der Waals surface area contributed by atoms with Crippen LogP contribution in [0.4, 0.5) is 15.8 Å². The molecule has 1 N–H and O–H groups in total. The maximum Gasteiger partial charge on any atom is 0.259 e. The molecule has 3 aromatic rings. The first-order chi connectivity index (χ1) is 13.5. The Labute approximate surface area is 166 Å². The number of para-hydroxylation sites is 1. The van der Waals surface area contributed by atoms with Gasteiger partial charge in [-0.05, 0) is 42.0 Å². The topological polar surface area (TPSA) is 49.4 Å². The number of amides is 2. The summed E-state index contributed by atoms with van der Waals surface area (Å²) in [5.41, 5.74) is 2.09. The summed E-state index contributed by atoms with van der Waals surface area (Å²) < 4.78 is 14.1. The van der Waals surface area contributed by atoms with Gasteiger partial charge in [0.2, 0.25) is 5.91 Å². The van der Waals surface area contributed by atoms with Crippen LogP contribution in [0.3, 0.4) is 0 Å². The molecule has 1 aliphatic rings. The fourth-order valence-electron chi connectivity index (χ4n) is 3.37. The molecule has 1 atom stereocenters. The molecule has 1 aliphatic heterocycles. The quantitative estimate of drug-likeness (QED) is 0.700. The van der Waals surface area contributed by atoms with Gasteiger partial charge in [0, 0.05) is 22.7 Å². The molecule has 0 aromatic heterocycles. The molecule has 0 saturated heterocycles. The third-order valence-corrected chi connectivity index (χ3v) is 4.94. The molecule has 4 nitrogen and oxygen atoms in total. The molecule has 1 heterocycles. The van der Waals surface area contributed by atoms with E-state index in [1.54, 1.807) is 24.3 Å². The van der Waals surface area contributed by atoms with Crippen LogP contribution in [0.2, 0.25) is 5.02 Å². The second kappa shape index (κ2) is 7.44. The number of fused-ring (bicyclic) bond motifs is 1. The third-order valence-electron chi connectivity index (χ3n) is 4.71. The van der Waals surface area contributed by atoms with E-state index in [1.807, 2.05) is 30.3 Å². The summed E-state index contributed by atoms with van der Waals surface area (Å²) in [4.78, 5) is 27.6. The minimum atomic E-state index is -0.778. The maximum atomic E-state index is 14.1. The Balaban J connectivity index is 1.67. The number of rotatable bonds is 3. The van der Waals surface area contributed by atoms with E-state index >= 15 is 0 Å². The Bertz CT molecular complexity index is 1060. The highest BCUT2D eigenvalue weighted by atomic mass is 35.5. The summed E-state index contributed by atoms with van der Waals surface area (Å²) in [6.45, 7) is 0. The molecule has 4 rings (SSSR count). The molecule has 140 valence electrons. The van der Waals surface area contributed by atoms with Crippen molar-refractivity contribution in [3.63, 3.8) is 0 Å². The summed E-state index contributed by atoms with van der Waals surface area (Å²) in [6.07, 6.45) is 0.357. The van der Waals surface area contributed by atoms with Crippen LogP contribution in [0.15, 0.2) is 72.8 Å². The molecule has 0 spiro atoms. The molecule has 2 amide bonds. The number of carbonyl (C=O) groups is 2. The van der Waals surface area contributed by atoms with Crippen LogP contribution in [-0.4, -0.2) is 17.9 Å². The standard InChI is InChI=1S/C22H16ClFN2O2/c23-16-10-11-18(17(24)13-16)25-21(27)20-12-15-8-4-5-9-19(15)26(20)22(28)14-6-2-1-3-7-14/h1-11,13,20H,12H2,(H,25,27)/t20-/m1/s1. The first kappa shape index (κ1) is 18.2. The first-order valence-corrected chi connectivity index (χ1v) is 9.15. The van der Waals surface area contributed by atoms with Crippen molar-refractivity contribution in [2.75, 3.05) is 10.2 Å². The van der Waals surface area contributed by atoms with E-state index in [0.717, 1.165) is 11.6 Å². The lowest BCUT2D eigenvalue weighted by Crippen LogP contribution is -2.45. The molecule has 0 fully saturated rings. The number of nitrogens with one attached hydrogen (secondary N) is 1. The first-order valence-electron chi connectivity index (χ1n) is 8.77. The van der Waals surface area contributed by atoms with Gasteiger partial charge in [0.25, 0.3) is 5.91 Å². The van der Waals surface area contributed by atoms with Gasteiger partial charge >= 0.3 is 0 Å². The third kappa shape index (κ3) is 3.37. The number of carbonyl (C=O) groups excluding carboxylic acids is 2. The molecule has 6 heteroatoms. The lowest BCUT2D eigenvalue weighted by atomic mass is 10.1. The summed E-state index contributed by atoms with van der Waals surface area (Å²) >= 11 is 5.77. The van der Waals surface area contributed by atoms with Crippen LogP contribution in [0.5, 0.6) is 0 Å². The SMILES string of the molecule is O=C(Nc1ccc(Cl)cc1F)[C@H]1Cc2ccccc2N1C(=O)c1ccccc1. The van der Waals surface area contributed by atoms with E-state index in [0.29, 0.717) is 17.7 Å². The Kier molecular flexibility index (Phi) is 4.84.